The molecular formula is C11H18N2O2. The molecule has 2 N–H and O–H groups in total. The zero-order valence-corrected chi connectivity index (χ0v) is 9.25. The minimum absolute atomic E-state index is 0.0629. The second-order valence-electron chi connectivity index (χ2n) is 3.78. The van der Waals surface area contributed by atoms with E-state index in [1.54, 1.807) is 0 Å². The Labute approximate surface area is 90.8 Å². The van der Waals surface area contributed by atoms with E-state index in [0.29, 0.717) is 0 Å². The number of hydrogen-bond acceptors (Lipinski definition) is 3. The molecule has 0 aliphatic carbocycles. The molecule has 1 amide bonds. The van der Waals surface area contributed by atoms with Crippen LogP contribution >= 0.6 is 0 Å². The molecule has 0 spiro atoms. The number of ether oxygens (including phenoxy) is 1. The van der Waals surface area contributed by atoms with E-state index in [2.05, 4.69) is 16.6 Å². The summed E-state index contributed by atoms with van der Waals surface area (Å²) < 4.78 is 5.40. The topological polar surface area (TPSA) is 50.4 Å². The molecule has 0 radical (unpaired) electrons. The fourth-order valence-electron chi connectivity index (χ4n) is 1.64. The Morgan fingerprint density at radius 1 is 1.73 bits per heavy atom. The molecule has 84 valence electrons. The normalized spacial score (nSPS) is 27.0. The van der Waals surface area contributed by atoms with Crippen LogP contribution in [0.25, 0.3) is 0 Å². The van der Waals surface area contributed by atoms with E-state index in [1.807, 2.05) is 13.8 Å². The molecule has 1 aliphatic heterocycles. The van der Waals surface area contributed by atoms with Gasteiger partial charge in [0, 0.05) is 12.6 Å². The summed E-state index contributed by atoms with van der Waals surface area (Å²) in [7, 11) is 0. The van der Waals surface area contributed by atoms with Crippen LogP contribution in [0.2, 0.25) is 0 Å². The van der Waals surface area contributed by atoms with Crippen molar-refractivity contribution in [1.29, 1.82) is 0 Å². The fraction of sp³-hybridized carbons (Fsp3) is 0.727. The molecule has 0 aromatic heterocycles. The van der Waals surface area contributed by atoms with Crippen LogP contribution < -0.4 is 10.6 Å². The zero-order chi connectivity index (χ0) is 11.3. The number of nitrogens with one attached hydrogen (secondary N) is 2. The lowest BCUT2D eigenvalue weighted by atomic mass is 10.1. The van der Waals surface area contributed by atoms with Gasteiger partial charge in [-0.05, 0) is 20.3 Å². The van der Waals surface area contributed by atoms with E-state index in [4.69, 9.17) is 11.2 Å². The van der Waals surface area contributed by atoms with Gasteiger partial charge < -0.3 is 15.4 Å². The van der Waals surface area contributed by atoms with Gasteiger partial charge in [0.05, 0.1) is 18.7 Å². The quantitative estimate of drug-likeness (QED) is 0.637. The van der Waals surface area contributed by atoms with E-state index in [0.717, 1.165) is 13.0 Å². The van der Waals surface area contributed by atoms with Gasteiger partial charge in [-0.15, -0.1) is 6.42 Å². The summed E-state index contributed by atoms with van der Waals surface area (Å²) >= 11 is 0. The molecule has 0 aromatic rings. The van der Waals surface area contributed by atoms with Crippen LogP contribution in [0.1, 0.15) is 20.3 Å². The van der Waals surface area contributed by atoms with Crippen LogP contribution in [0.5, 0.6) is 0 Å². The lowest BCUT2D eigenvalue weighted by Crippen LogP contribution is -2.48. The molecule has 4 heteroatoms. The van der Waals surface area contributed by atoms with Crippen LogP contribution in [-0.2, 0) is 9.53 Å². The Balaban J connectivity index is 2.31. The summed E-state index contributed by atoms with van der Waals surface area (Å²) in [4.78, 5) is 11.5. The first-order valence-corrected chi connectivity index (χ1v) is 5.24. The summed E-state index contributed by atoms with van der Waals surface area (Å²) in [6, 6.07) is 0.0316. The van der Waals surface area contributed by atoms with Crippen LogP contribution in [0.15, 0.2) is 0 Å². The number of rotatable bonds is 4. The Bertz CT molecular complexity index is 260. The van der Waals surface area contributed by atoms with Crippen molar-refractivity contribution < 1.29 is 9.53 Å². The van der Waals surface area contributed by atoms with E-state index in [-0.39, 0.29) is 30.6 Å². The second-order valence-corrected chi connectivity index (χ2v) is 3.78. The minimum atomic E-state index is -0.229. The molecule has 15 heavy (non-hydrogen) atoms. The maximum absolute atomic E-state index is 11.5. The van der Waals surface area contributed by atoms with Crippen molar-refractivity contribution >= 4 is 5.91 Å². The highest BCUT2D eigenvalue weighted by atomic mass is 16.5. The molecule has 1 rings (SSSR count). The monoisotopic (exact) mass is 210 g/mol. The van der Waals surface area contributed by atoms with Crippen LogP contribution in [-0.4, -0.2) is 37.2 Å². The van der Waals surface area contributed by atoms with Gasteiger partial charge in [-0.3, -0.25) is 4.79 Å². The van der Waals surface area contributed by atoms with Crippen molar-refractivity contribution in [1.82, 2.24) is 10.6 Å². The third-order valence-electron chi connectivity index (χ3n) is 2.60. The summed E-state index contributed by atoms with van der Waals surface area (Å²) in [5, 5.41) is 5.87. The van der Waals surface area contributed by atoms with Gasteiger partial charge in [0.1, 0.15) is 0 Å². The van der Waals surface area contributed by atoms with Crippen molar-refractivity contribution in [2.45, 2.75) is 38.5 Å². The fourth-order valence-corrected chi connectivity index (χ4v) is 1.64. The average Bonchev–Trinajstić information content (AvgIpc) is 2.61. The first-order valence-electron chi connectivity index (χ1n) is 5.24. The summed E-state index contributed by atoms with van der Waals surface area (Å²) in [5.74, 6) is 2.31. The van der Waals surface area contributed by atoms with Gasteiger partial charge in [-0.2, -0.15) is 0 Å². The van der Waals surface area contributed by atoms with Gasteiger partial charge >= 0.3 is 0 Å². The highest BCUT2D eigenvalue weighted by Crippen LogP contribution is 2.12. The van der Waals surface area contributed by atoms with Crippen molar-refractivity contribution in [2.75, 3.05) is 13.2 Å². The number of amides is 1. The van der Waals surface area contributed by atoms with Crippen molar-refractivity contribution in [3.63, 3.8) is 0 Å². The van der Waals surface area contributed by atoms with Gasteiger partial charge in [0.15, 0.2) is 0 Å². The molecule has 3 unspecified atom stereocenters. The van der Waals surface area contributed by atoms with E-state index >= 15 is 0 Å². The lowest BCUT2D eigenvalue weighted by Gasteiger charge is -2.20. The highest BCUT2D eigenvalue weighted by molar-refractivity contribution is 5.81. The Morgan fingerprint density at radius 2 is 2.47 bits per heavy atom. The largest absolute Gasteiger partial charge is 0.377 e. The summed E-state index contributed by atoms with van der Waals surface area (Å²) in [5.41, 5.74) is 0. The van der Waals surface area contributed by atoms with Gasteiger partial charge in [-0.1, -0.05) is 5.92 Å². The predicted octanol–water partition coefficient (Wildman–Crippen LogP) is -0.109. The Hall–Kier alpha value is -1.05. The zero-order valence-electron chi connectivity index (χ0n) is 9.25. The smallest absolute Gasteiger partial charge is 0.237 e. The van der Waals surface area contributed by atoms with Gasteiger partial charge in [0.2, 0.25) is 5.91 Å². The molecule has 0 saturated carbocycles. The van der Waals surface area contributed by atoms with Crippen molar-refractivity contribution in [3.8, 4) is 12.3 Å². The Morgan fingerprint density at radius 3 is 3.00 bits per heavy atom. The SMILES string of the molecule is C#CCNC(=O)C(C)NC1CCOC1C. The third kappa shape index (κ3) is 3.54. The number of carbonyl (C=O) groups is 1. The summed E-state index contributed by atoms with van der Waals surface area (Å²) in [6.45, 7) is 4.88. The highest BCUT2D eigenvalue weighted by Gasteiger charge is 2.26. The second kappa shape index (κ2) is 5.74. The first-order chi connectivity index (χ1) is 7.15. The van der Waals surface area contributed by atoms with Gasteiger partial charge in [-0.25, -0.2) is 0 Å². The molecule has 1 aliphatic rings. The average molecular weight is 210 g/mol. The maximum atomic E-state index is 11.5. The molecule has 1 fully saturated rings. The maximum Gasteiger partial charge on any atom is 0.237 e. The number of hydrogen-bond donors (Lipinski definition) is 2. The first kappa shape index (κ1) is 12.0. The van der Waals surface area contributed by atoms with Gasteiger partial charge in [0.25, 0.3) is 0 Å². The van der Waals surface area contributed by atoms with Crippen LogP contribution in [0.3, 0.4) is 0 Å². The minimum Gasteiger partial charge on any atom is -0.377 e. The molecule has 1 saturated heterocycles. The van der Waals surface area contributed by atoms with E-state index in [1.165, 1.54) is 0 Å². The van der Waals surface area contributed by atoms with Crippen molar-refractivity contribution in [2.24, 2.45) is 0 Å². The third-order valence-corrected chi connectivity index (χ3v) is 2.60. The van der Waals surface area contributed by atoms with E-state index in [9.17, 15) is 4.79 Å². The Kier molecular flexibility index (Phi) is 4.60. The molecule has 0 aromatic carbocycles. The summed E-state index contributed by atoms with van der Waals surface area (Å²) in [6.07, 6.45) is 6.18. The van der Waals surface area contributed by atoms with Crippen LogP contribution in [0.4, 0.5) is 0 Å². The lowest BCUT2D eigenvalue weighted by molar-refractivity contribution is -0.122. The molecule has 1 heterocycles. The molecule has 4 nitrogen and oxygen atoms in total. The molecule has 3 atom stereocenters. The van der Waals surface area contributed by atoms with Crippen LogP contribution in [0, 0.1) is 12.3 Å². The number of carbonyl (C=O) groups excluding carboxylic acids is 1. The standard InChI is InChI=1S/C11H18N2O2/c1-4-6-12-11(14)8(2)13-10-5-7-15-9(10)3/h1,8-10,13H,5-7H2,2-3H3,(H,12,14). The predicted molar refractivity (Wildman–Crippen MR) is 58.3 cm³/mol. The molecular weight excluding hydrogens is 192 g/mol. The van der Waals surface area contributed by atoms with E-state index < -0.39 is 0 Å². The van der Waals surface area contributed by atoms with Crippen molar-refractivity contribution in [3.05, 3.63) is 0 Å². The molecule has 0 bridgehead atoms. The number of terminal acetylenes is 1.